The molecule has 0 atom stereocenters. The summed E-state index contributed by atoms with van der Waals surface area (Å²) in [6.07, 6.45) is -1.09. The van der Waals surface area contributed by atoms with Crippen LogP contribution in [0.25, 0.3) is 10.9 Å². The van der Waals surface area contributed by atoms with Crippen molar-refractivity contribution in [1.82, 2.24) is 4.57 Å². The highest BCUT2D eigenvalue weighted by Gasteiger charge is 2.36. The van der Waals surface area contributed by atoms with E-state index in [-0.39, 0.29) is 14.0 Å². The van der Waals surface area contributed by atoms with Crippen molar-refractivity contribution in [2.24, 2.45) is 0 Å². The molecule has 4 rings (SSSR count). The Kier molecular flexibility index (Phi) is 6.10. The number of ether oxygens (including phenoxy) is 1. The van der Waals surface area contributed by atoms with Crippen LogP contribution in [0.3, 0.4) is 0 Å². The average molecular weight is 404 g/mol. The monoisotopic (exact) mass is 404 g/mol. The fourth-order valence-corrected chi connectivity index (χ4v) is 4.04. The van der Waals surface area contributed by atoms with Crippen molar-refractivity contribution in [3.05, 3.63) is 59.8 Å². The third-order valence-corrected chi connectivity index (χ3v) is 5.38. The van der Waals surface area contributed by atoms with Gasteiger partial charge in [0, 0.05) is 30.7 Å². The van der Waals surface area contributed by atoms with Crippen molar-refractivity contribution in [1.29, 1.82) is 0 Å². The minimum absolute atomic E-state index is 0. The van der Waals surface area contributed by atoms with Gasteiger partial charge >= 0.3 is 6.18 Å². The molecule has 1 saturated heterocycles. The lowest BCUT2D eigenvalue weighted by Gasteiger charge is -2.29. The summed E-state index contributed by atoms with van der Waals surface area (Å²) in [5.41, 5.74) is 1.66. The van der Waals surface area contributed by atoms with E-state index in [0.717, 1.165) is 37.2 Å². The largest absolute Gasteiger partial charge is 0.497 e. The van der Waals surface area contributed by atoms with Gasteiger partial charge in [-0.05, 0) is 55.2 Å². The van der Waals surface area contributed by atoms with Gasteiger partial charge in [0.2, 0.25) is 0 Å². The Morgan fingerprint density at radius 1 is 0.966 bits per heavy atom. The van der Waals surface area contributed by atoms with Crippen LogP contribution in [-0.2, 0) is 12.7 Å². The van der Waals surface area contributed by atoms with Crippen LogP contribution < -0.4 is 9.64 Å². The minimum Gasteiger partial charge on any atom is -0.497 e. The second kappa shape index (κ2) is 8.39. The van der Waals surface area contributed by atoms with Gasteiger partial charge in [-0.15, -0.1) is 0 Å². The molecule has 29 heavy (non-hydrogen) atoms. The molecular formula is C23H27F3N2O. The van der Waals surface area contributed by atoms with Crippen LogP contribution in [0.1, 0.15) is 37.9 Å². The van der Waals surface area contributed by atoms with Gasteiger partial charge < -0.3 is 14.2 Å². The molecule has 0 amide bonds. The van der Waals surface area contributed by atoms with Gasteiger partial charge in [-0.2, -0.15) is 13.2 Å². The van der Waals surface area contributed by atoms with Crippen molar-refractivity contribution >= 4 is 16.6 Å². The van der Waals surface area contributed by atoms with Gasteiger partial charge in [0.15, 0.2) is 0 Å². The van der Waals surface area contributed by atoms with Crippen LogP contribution in [0.2, 0.25) is 0 Å². The molecule has 6 heteroatoms. The molecule has 0 aliphatic carbocycles. The summed E-state index contributed by atoms with van der Waals surface area (Å²) in [6, 6.07) is 14.1. The van der Waals surface area contributed by atoms with Crippen LogP contribution >= 0.6 is 0 Å². The summed E-state index contributed by atoms with van der Waals surface area (Å²) in [5.74, 6) is 0.636. The molecule has 3 aromatic rings. The number of nitrogens with zero attached hydrogens (tertiary/aromatic N) is 2. The summed E-state index contributed by atoms with van der Waals surface area (Å²) >= 11 is 0. The first kappa shape index (κ1) is 21.1. The fourth-order valence-electron chi connectivity index (χ4n) is 4.04. The fraction of sp³-hybridized carbons (Fsp3) is 0.391. The first-order valence-electron chi connectivity index (χ1n) is 9.55. The maximum absolute atomic E-state index is 13.8. The zero-order chi connectivity index (χ0) is 19.7. The van der Waals surface area contributed by atoms with E-state index in [4.69, 9.17) is 4.74 Å². The maximum atomic E-state index is 13.8. The van der Waals surface area contributed by atoms with E-state index < -0.39 is 11.9 Å². The van der Waals surface area contributed by atoms with Crippen molar-refractivity contribution in [2.45, 2.75) is 39.4 Å². The van der Waals surface area contributed by atoms with Gasteiger partial charge in [0.1, 0.15) is 11.4 Å². The second-order valence-electron chi connectivity index (χ2n) is 7.22. The third-order valence-electron chi connectivity index (χ3n) is 5.38. The lowest BCUT2D eigenvalue weighted by Crippen LogP contribution is -2.29. The maximum Gasteiger partial charge on any atom is 0.431 e. The van der Waals surface area contributed by atoms with Gasteiger partial charge in [-0.1, -0.05) is 25.6 Å². The summed E-state index contributed by atoms with van der Waals surface area (Å²) in [6.45, 7) is 1.92. The van der Waals surface area contributed by atoms with Crippen molar-refractivity contribution in [2.75, 3.05) is 25.1 Å². The number of methoxy groups -OCH3 is 1. The third kappa shape index (κ3) is 4.21. The molecule has 1 aliphatic heterocycles. The highest BCUT2D eigenvalue weighted by Crippen LogP contribution is 2.38. The standard InChI is InChI=1S/C22H23F3N2O.CH4/c1-28-17-8-5-7-16(13-17)15-27-20-10-6-9-19(26-11-3-2-4-12-26)18(20)14-21(27)22(23,24)25;/h5-10,13-14H,2-4,11-12,15H2,1H3;1H4. The van der Waals surface area contributed by atoms with E-state index in [1.165, 1.54) is 17.1 Å². The molecule has 156 valence electrons. The highest BCUT2D eigenvalue weighted by molar-refractivity contribution is 5.94. The molecule has 2 aromatic carbocycles. The molecule has 0 N–H and O–H groups in total. The molecule has 0 spiro atoms. The van der Waals surface area contributed by atoms with Crippen molar-refractivity contribution in [3.8, 4) is 5.75 Å². The van der Waals surface area contributed by atoms with E-state index in [0.29, 0.717) is 16.7 Å². The number of halogens is 3. The van der Waals surface area contributed by atoms with E-state index >= 15 is 0 Å². The predicted octanol–water partition coefficient (Wildman–Crippen LogP) is 6.34. The Labute approximate surface area is 169 Å². The molecule has 1 fully saturated rings. The quantitative estimate of drug-likeness (QED) is 0.505. The van der Waals surface area contributed by atoms with Crippen molar-refractivity contribution < 1.29 is 17.9 Å². The zero-order valence-corrected chi connectivity index (χ0v) is 15.8. The topological polar surface area (TPSA) is 17.4 Å². The highest BCUT2D eigenvalue weighted by atomic mass is 19.4. The number of alkyl halides is 3. The number of rotatable bonds is 4. The molecule has 0 unspecified atom stereocenters. The minimum atomic E-state index is -4.42. The molecule has 0 radical (unpaired) electrons. The first-order valence-corrected chi connectivity index (χ1v) is 9.55. The van der Waals surface area contributed by atoms with Crippen LogP contribution in [-0.4, -0.2) is 24.8 Å². The van der Waals surface area contributed by atoms with Crippen LogP contribution in [0, 0.1) is 0 Å². The molecule has 2 heterocycles. The van der Waals surface area contributed by atoms with E-state index in [9.17, 15) is 13.2 Å². The number of benzene rings is 2. The zero-order valence-electron chi connectivity index (χ0n) is 15.8. The van der Waals surface area contributed by atoms with Gasteiger partial charge in [-0.25, -0.2) is 0 Å². The summed E-state index contributed by atoms with van der Waals surface area (Å²) in [4.78, 5) is 2.21. The lowest BCUT2D eigenvalue weighted by atomic mass is 10.1. The number of hydrogen-bond donors (Lipinski definition) is 0. The van der Waals surface area contributed by atoms with Gasteiger partial charge in [-0.3, -0.25) is 0 Å². The lowest BCUT2D eigenvalue weighted by molar-refractivity contribution is -0.143. The average Bonchev–Trinajstić information content (AvgIpc) is 3.08. The summed E-state index contributed by atoms with van der Waals surface area (Å²) in [5, 5.41) is 0.666. The van der Waals surface area contributed by atoms with E-state index in [1.807, 2.05) is 18.2 Å². The number of fused-ring (bicyclic) bond motifs is 1. The van der Waals surface area contributed by atoms with Crippen molar-refractivity contribution in [3.63, 3.8) is 0 Å². The molecule has 0 bridgehead atoms. The second-order valence-corrected chi connectivity index (χ2v) is 7.22. The summed E-state index contributed by atoms with van der Waals surface area (Å²) < 4.78 is 48.1. The number of anilines is 1. The Bertz CT molecular complexity index is 972. The van der Waals surface area contributed by atoms with Crippen LogP contribution in [0.4, 0.5) is 18.9 Å². The normalized spacial score (nSPS) is 14.7. The van der Waals surface area contributed by atoms with Crippen LogP contribution in [0.15, 0.2) is 48.5 Å². The van der Waals surface area contributed by atoms with Gasteiger partial charge in [0.25, 0.3) is 0 Å². The van der Waals surface area contributed by atoms with E-state index in [1.54, 1.807) is 31.4 Å². The molecule has 1 aliphatic rings. The van der Waals surface area contributed by atoms with Gasteiger partial charge in [0.05, 0.1) is 12.6 Å². The SMILES string of the molecule is C.COc1cccc(Cn2c(C(F)(F)F)cc3c(N4CCCCC4)cccc32)c1. The van der Waals surface area contributed by atoms with E-state index in [2.05, 4.69) is 4.90 Å². The first-order chi connectivity index (χ1) is 13.5. The molecule has 0 saturated carbocycles. The molecule has 3 nitrogen and oxygen atoms in total. The Balaban J connectivity index is 0.00000240. The smallest absolute Gasteiger partial charge is 0.431 e. The Hall–Kier alpha value is -2.63. The Morgan fingerprint density at radius 2 is 1.69 bits per heavy atom. The molecule has 1 aromatic heterocycles. The predicted molar refractivity (Wildman–Crippen MR) is 112 cm³/mol. The Morgan fingerprint density at radius 3 is 2.38 bits per heavy atom. The number of piperidine rings is 1. The number of aromatic nitrogens is 1. The van der Waals surface area contributed by atoms with Crippen LogP contribution in [0.5, 0.6) is 5.75 Å². The molecular weight excluding hydrogens is 377 g/mol. The number of hydrogen-bond acceptors (Lipinski definition) is 2. The summed E-state index contributed by atoms with van der Waals surface area (Å²) in [7, 11) is 1.55.